The molecule has 0 fully saturated rings. The molecule has 0 atom stereocenters. The molecule has 0 spiro atoms. The maximum Gasteiger partial charge on any atom is 0.0205 e. The average molecular weight is 332 g/mol. The first kappa shape index (κ1) is 13.9. The molecule has 1 aromatic carbocycles. The van der Waals surface area contributed by atoms with E-state index in [1.165, 1.54) is 28.5 Å². The van der Waals surface area contributed by atoms with Crippen molar-refractivity contribution in [1.29, 1.82) is 0 Å². The first-order valence-electron chi connectivity index (χ1n) is 5.78. The van der Waals surface area contributed by atoms with E-state index in [0.29, 0.717) is 0 Å². The third-order valence-electron chi connectivity index (χ3n) is 2.45. The maximum absolute atomic E-state index is 3.47. The monoisotopic (exact) mass is 332 g/mol. The Morgan fingerprint density at radius 1 is 1.12 bits per heavy atom. The fourth-order valence-corrected chi connectivity index (χ4v) is 1.87. The Hall–Kier alpha value is -0.130. The van der Waals surface area contributed by atoms with Crippen molar-refractivity contribution in [3.05, 3.63) is 33.4 Å². The van der Waals surface area contributed by atoms with E-state index >= 15 is 0 Å². The fraction of sp³-hybridized carbons (Fsp3) is 0.538. The van der Waals surface area contributed by atoms with Crippen LogP contribution in [0.25, 0.3) is 0 Å². The topological polar surface area (TPSA) is 15.3 Å². The summed E-state index contributed by atoms with van der Waals surface area (Å²) in [6, 6.07) is 8.69. The predicted molar refractivity (Wildman–Crippen MR) is 78.7 cm³/mol. The summed E-state index contributed by atoms with van der Waals surface area (Å²) in [7, 11) is 4.25. The quantitative estimate of drug-likeness (QED) is 0.610. The van der Waals surface area contributed by atoms with Gasteiger partial charge in [-0.05, 0) is 80.3 Å². The number of nitrogens with one attached hydrogen (secondary N) is 1. The molecule has 1 N–H and O–H groups in total. The summed E-state index contributed by atoms with van der Waals surface area (Å²) in [6.45, 7) is 3.28. The number of benzene rings is 1. The average Bonchev–Trinajstić information content (AvgIpc) is 2.25. The SMILES string of the molecule is CN(C)CCCCNCc1ccc(I)cc1. The Balaban J connectivity index is 2.05. The molecule has 0 aliphatic heterocycles. The maximum atomic E-state index is 3.47. The van der Waals surface area contributed by atoms with Crippen LogP contribution >= 0.6 is 22.6 Å². The van der Waals surface area contributed by atoms with Gasteiger partial charge in [-0.1, -0.05) is 12.1 Å². The van der Waals surface area contributed by atoms with Gasteiger partial charge >= 0.3 is 0 Å². The number of nitrogens with zero attached hydrogens (tertiary/aromatic N) is 1. The van der Waals surface area contributed by atoms with Crippen LogP contribution < -0.4 is 5.32 Å². The van der Waals surface area contributed by atoms with Crippen molar-refractivity contribution in [3.8, 4) is 0 Å². The van der Waals surface area contributed by atoms with Crippen LogP contribution in [0.5, 0.6) is 0 Å². The Morgan fingerprint density at radius 2 is 1.81 bits per heavy atom. The van der Waals surface area contributed by atoms with Crippen LogP contribution in [0.15, 0.2) is 24.3 Å². The van der Waals surface area contributed by atoms with Crippen LogP contribution in [-0.4, -0.2) is 32.1 Å². The van der Waals surface area contributed by atoms with Gasteiger partial charge in [0.05, 0.1) is 0 Å². The normalized spacial score (nSPS) is 11.0. The zero-order valence-electron chi connectivity index (χ0n) is 10.2. The summed E-state index contributed by atoms with van der Waals surface area (Å²) in [4.78, 5) is 2.24. The lowest BCUT2D eigenvalue weighted by Gasteiger charge is -2.09. The highest BCUT2D eigenvalue weighted by Gasteiger charge is 1.94. The zero-order valence-corrected chi connectivity index (χ0v) is 12.3. The predicted octanol–water partition coefficient (Wildman–Crippen LogP) is 2.72. The van der Waals surface area contributed by atoms with Gasteiger partial charge in [0, 0.05) is 10.1 Å². The molecule has 0 saturated carbocycles. The van der Waals surface area contributed by atoms with Crippen LogP contribution in [0, 0.1) is 3.57 Å². The molecule has 0 aromatic heterocycles. The molecule has 1 rings (SSSR count). The summed E-state index contributed by atoms with van der Waals surface area (Å²) in [6.07, 6.45) is 2.52. The first-order chi connectivity index (χ1) is 7.68. The van der Waals surface area contributed by atoms with Gasteiger partial charge in [-0.3, -0.25) is 0 Å². The zero-order chi connectivity index (χ0) is 11.8. The smallest absolute Gasteiger partial charge is 0.0205 e. The second-order valence-corrected chi connectivity index (χ2v) is 5.56. The highest BCUT2D eigenvalue weighted by Crippen LogP contribution is 2.06. The van der Waals surface area contributed by atoms with Gasteiger partial charge in [0.2, 0.25) is 0 Å². The minimum absolute atomic E-state index is 0.985. The van der Waals surface area contributed by atoms with Gasteiger partial charge in [0.15, 0.2) is 0 Å². The number of halogens is 1. The van der Waals surface area contributed by atoms with Crippen molar-refractivity contribution in [1.82, 2.24) is 10.2 Å². The second-order valence-electron chi connectivity index (χ2n) is 4.31. The summed E-state index contributed by atoms with van der Waals surface area (Å²) < 4.78 is 1.30. The van der Waals surface area contributed by atoms with Gasteiger partial charge in [-0.15, -0.1) is 0 Å². The molecule has 3 heteroatoms. The minimum Gasteiger partial charge on any atom is -0.313 e. The van der Waals surface area contributed by atoms with E-state index in [0.717, 1.165) is 13.1 Å². The standard InChI is InChI=1S/C13H21IN2/c1-16(2)10-4-3-9-15-11-12-5-7-13(14)8-6-12/h5-8,15H,3-4,9-11H2,1-2H3. The molecule has 0 saturated heterocycles. The molecule has 0 radical (unpaired) electrons. The van der Waals surface area contributed by atoms with Crippen molar-refractivity contribution in [2.45, 2.75) is 19.4 Å². The van der Waals surface area contributed by atoms with Crippen LogP contribution in [0.2, 0.25) is 0 Å². The number of rotatable bonds is 7. The molecule has 2 nitrogen and oxygen atoms in total. The second kappa shape index (κ2) is 8.03. The molecule has 1 aromatic rings. The van der Waals surface area contributed by atoms with Crippen molar-refractivity contribution < 1.29 is 0 Å². The summed E-state index contributed by atoms with van der Waals surface area (Å²) in [5.41, 5.74) is 1.37. The summed E-state index contributed by atoms with van der Waals surface area (Å²) >= 11 is 2.33. The Labute approximate surface area is 113 Å². The lowest BCUT2D eigenvalue weighted by Crippen LogP contribution is -2.18. The van der Waals surface area contributed by atoms with Crippen molar-refractivity contribution >= 4 is 22.6 Å². The van der Waals surface area contributed by atoms with Crippen LogP contribution in [0.3, 0.4) is 0 Å². The third kappa shape index (κ3) is 6.45. The fourth-order valence-electron chi connectivity index (χ4n) is 1.51. The highest BCUT2D eigenvalue weighted by atomic mass is 127. The Morgan fingerprint density at radius 3 is 2.44 bits per heavy atom. The van der Waals surface area contributed by atoms with Crippen molar-refractivity contribution in [2.75, 3.05) is 27.2 Å². The van der Waals surface area contributed by atoms with Gasteiger partial charge in [0.25, 0.3) is 0 Å². The molecular formula is C13H21IN2. The van der Waals surface area contributed by atoms with E-state index < -0.39 is 0 Å². The number of unbranched alkanes of at least 4 members (excludes halogenated alkanes) is 1. The van der Waals surface area contributed by atoms with E-state index in [9.17, 15) is 0 Å². The lowest BCUT2D eigenvalue weighted by molar-refractivity contribution is 0.391. The van der Waals surface area contributed by atoms with Crippen molar-refractivity contribution in [2.24, 2.45) is 0 Å². The third-order valence-corrected chi connectivity index (χ3v) is 3.17. The van der Waals surface area contributed by atoms with E-state index in [1.54, 1.807) is 0 Å². The largest absolute Gasteiger partial charge is 0.313 e. The molecular weight excluding hydrogens is 311 g/mol. The van der Waals surface area contributed by atoms with E-state index in [2.05, 4.69) is 71.2 Å². The van der Waals surface area contributed by atoms with Crippen LogP contribution in [0.4, 0.5) is 0 Å². The van der Waals surface area contributed by atoms with E-state index in [4.69, 9.17) is 0 Å². The van der Waals surface area contributed by atoms with Crippen LogP contribution in [-0.2, 0) is 6.54 Å². The molecule has 16 heavy (non-hydrogen) atoms. The summed E-state index contributed by atoms with van der Waals surface area (Å²) in [5, 5.41) is 3.47. The van der Waals surface area contributed by atoms with Gasteiger partial charge < -0.3 is 10.2 Å². The molecule has 0 unspecified atom stereocenters. The highest BCUT2D eigenvalue weighted by molar-refractivity contribution is 14.1. The minimum atomic E-state index is 0.985. The molecule has 0 bridgehead atoms. The first-order valence-corrected chi connectivity index (χ1v) is 6.86. The Bertz CT molecular complexity index is 282. The van der Waals surface area contributed by atoms with E-state index in [-0.39, 0.29) is 0 Å². The van der Waals surface area contributed by atoms with Gasteiger partial charge in [0.1, 0.15) is 0 Å². The number of hydrogen-bond acceptors (Lipinski definition) is 2. The summed E-state index contributed by atoms with van der Waals surface area (Å²) in [5.74, 6) is 0. The molecule has 90 valence electrons. The Kier molecular flexibility index (Phi) is 7.00. The molecule has 0 heterocycles. The van der Waals surface area contributed by atoms with E-state index in [1.807, 2.05) is 0 Å². The molecule has 0 amide bonds. The lowest BCUT2D eigenvalue weighted by atomic mass is 10.2. The number of hydrogen-bond donors (Lipinski definition) is 1. The molecule has 0 aliphatic carbocycles. The van der Waals surface area contributed by atoms with Crippen molar-refractivity contribution in [3.63, 3.8) is 0 Å². The van der Waals surface area contributed by atoms with Crippen LogP contribution in [0.1, 0.15) is 18.4 Å². The molecule has 0 aliphatic rings. The van der Waals surface area contributed by atoms with Gasteiger partial charge in [-0.2, -0.15) is 0 Å². The van der Waals surface area contributed by atoms with Gasteiger partial charge in [-0.25, -0.2) is 0 Å².